The summed E-state index contributed by atoms with van der Waals surface area (Å²) >= 11 is 6.37. The summed E-state index contributed by atoms with van der Waals surface area (Å²) in [6.07, 6.45) is -4.65. The third kappa shape index (κ3) is 4.93. The van der Waals surface area contributed by atoms with Crippen LogP contribution in [0.1, 0.15) is 29.5 Å². The number of halogens is 6. The molecule has 2 unspecified atom stereocenters. The molecule has 1 aromatic heterocycles. The Kier molecular flexibility index (Phi) is 6.99. The number of nitrogens with zero attached hydrogens (tertiary/aromatic N) is 5. The molecule has 4 heterocycles. The molecule has 5 rings (SSSR count). The van der Waals surface area contributed by atoms with Crippen molar-refractivity contribution < 1.29 is 31.5 Å². The Bertz CT molecular complexity index is 1310. The molecule has 2 amide bonds. The predicted octanol–water partition coefficient (Wildman–Crippen LogP) is 4.26. The van der Waals surface area contributed by atoms with Gasteiger partial charge in [0.05, 0.1) is 12.1 Å². The van der Waals surface area contributed by atoms with Crippen molar-refractivity contribution in [1.82, 2.24) is 24.5 Å². The van der Waals surface area contributed by atoms with E-state index >= 15 is 0 Å². The van der Waals surface area contributed by atoms with E-state index in [1.165, 1.54) is 14.5 Å². The van der Waals surface area contributed by atoms with Crippen molar-refractivity contribution in [3.05, 3.63) is 53.3 Å². The third-order valence-corrected chi connectivity index (χ3v) is 8.25. The standard InChI is InChI=1S/C26H27ClF5N5O2/c1-3-21(38)36-13-19(15(36)2)35-11-10-34(14-20(35)26(30,31)32)24(39)23-22(16-6-4-5-7-17(16)27)18-12-25(28,29)8-9-37(18)33-23/h3-7,15,19-20H,1,8-14H2,2H3/t15-,19?,20?/m1/s1. The predicted molar refractivity (Wildman–Crippen MR) is 134 cm³/mol. The highest BCUT2D eigenvalue weighted by atomic mass is 35.5. The van der Waals surface area contributed by atoms with E-state index in [1.807, 2.05) is 0 Å². The fraction of sp³-hybridized carbons (Fsp3) is 0.500. The topological polar surface area (TPSA) is 61.7 Å². The molecule has 0 N–H and O–H groups in total. The number of alkyl halides is 5. The van der Waals surface area contributed by atoms with E-state index in [4.69, 9.17) is 11.6 Å². The Hall–Kier alpha value is -2.99. The van der Waals surface area contributed by atoms with Crippen LogP contribution in [0.2, 0.25) is 5.02 Å². The lowest BCUT2D eigenvalue weighted by Crippen LogP contribution is -2.73. The molecule has 3 atom stereocenters. The van der Waals surface area contributed by atoms with Gasteiger partial charge in [0, 0.05) is 67.4 Å². The maximum atomic E-state index is 14.4. The summed E-state index contributed by atoms with van der Waals surface area (Å²) in [6, 6.07) is 3.47. The van der Waals surface area contributed by atoms with Crippen molar-refractivity contribution in [2.45, 2.75) is 56.5 Å². The van der Waals surface area contributed by atoms with Gasteiger partial charge in [-0.15, -0.1) is 0 Å². The molecule has 7 nitrogen and oxygen atoms in total. The van der Waals surface area contributed by atoms with Crippen molar-refractivity contribution in [3.8, 4) is 11.1 Å². The molecule has 0 spiro atoms. The number of fused-ring (bicyclic) bond motifs is 1. The third-order valence-electron chi connectivity index (χ3n) is 7.92. The summed E-state index contributed by atoms with van der Waals surface area (Å²) in [5.74, 6) is -4.13. The molecular formula is C26H27ClF5N5O2. The first-order valence-corrected chi connectivity index (χ1v) is 13.0. The first-order chi connectivity index (χ1) is 18.3. The molecule has 39 heavy (non-hydrogen) atoms. The van der Waals surface area contributed by atoms with Crippen LogP contribution >= 0.6 is 11.6 Å². The number of carbonyl (C=O) groups is 2. The van der Waals surface area contributed by atoms with Crippen LogP contribution in [0.3, 0.4) is 0 Å². The number of benzene rings is 1. The van der Waals surface area contributed by atoms with Crippen LogP contribution in [0.4, 0.5) is 22.0 Å². The zero-order chi connectivity index (χ0) is 28.3. The van der Waals surface area contributed by atoms with Gasteiger partial charge in [0.15, 0.2) is 5.69 Å². The molecule has 1 aromatic carbocycles. The first kappa shape index (κ1) is 27.6. The molecule has 210 valence electrons. The highest BCUT2D eigenvalue weighted by Gasteiger charge is 2.54. The van der Waals surface area contributed by atoms with Crippen molar-refractivity contribution in [3.63, 3.8) is 0 Å². The van der Waals surface area contributed by atoms with E-state index < -0.39 is 55.5 Å². The van der Waals surface area contributed by atoms with E-state index in [9.17, 15) is 31.5 Å². The molecule has 0 radical (unpaired) electrons. The molecule has 3 aliphatic heterocycles. The molecule has 2 fully saturated rings. The van der Waals surface area contributed by atoms with Crippen LogP contribution in [0.15, 0.2) is 36.9 Å². The van der Waals surface area contributed by atoms with E-state index in [-0.39, 0.29) is 54.1 Å². The van der Waals surface area contributed by atoms with Crippen LogP contribution in [0.5, 0.6) is 0 Å². The van der Waals surface area contributed by atoms with Gasteiger partial charge in [-0.3, -0.25) is 19.2 Å². The zero-order valence-electron chi connectivity index (χ0n) is 21.1. The van der Waals surface area contributed by atoms with Gasteiger partial charge in [-0.05, 0) is 19.1 Å². The van der Waals surface area contributed by atoms with Gasteiger partial charge >= 0.3 is 6.18 Å². The lowest BCUT2D eigenvalue weighted by atomic mass is 9.92. The Morgan fingerprint density at radius 2 is 1.87 bits per heavy atom. The Morgan fingerprint density at radius 3 is 2.51 bits per heavy atom. The molecule has 0 saturated carbocycles. The maximum absolute atomic E-state index is 14.4. The Balaban J connectivity index is 1.46. The lowest BCUT2D eigenvalue weighted by molar-refractivity contribution is -0.212. The summed E-state index contributed by atoms with van der Waals surface area (Å²) < 4.78 is 72.9. The monoisotopic (exact) mass is 571 g/mol. The number of aryl methyl sites for hydroxylation is 1. The van der Waals surface area contributed by atoms with Crippen LogP contribution in [-0.4, -0.2) is 92.7 Å². The molecule has 3 aliphatic rings. The largest absolute Gasteiger partial charge is 0.405 e. The highest BCUT2D eigenvalue weighted by molar-refractivity contribution is 6.33. The second kappa shape index (κ2) is 9.88. The van der Waals surface area contributed by atoms with E-state index in [2.05, 4.69) is 11.7 Å². The van der Waals surface area contributed by atoms with Gasteiger partial charge in [-0.25, -0.2) is 8.78 Å². The fourth-order valence-corrected chi connectivity index (χ4v) is 5.99. The fourth-order valence-electron chi connectivity index (χ4n) is 5.76. The minimum atomic E-state index is -4.65. The number of aromatic nitrogens is 2. The Labute approximate surface area is 226 Å². The molecule has 2 saturated heterocycles. The molecule has 0 bridgehead atoms. The van der Waals surface area contributed by atoms with Crippen molar-refractivity contribution in [2.24, 2.45) is 0 Å². The SMILES string of the molecule is C=CC(=O)N1CC(N2CCN(C(=O)c3nn4c(c3-c3ccccc3Cl)CC(F)(F)CC4)CC2C(F)(F)F)[C@H]1C. The molecule has 0 aliphatic carbocycles. The van der Waals surface area contributed by atoms with Gasteiger partial charge in [-0.2, -0.15) is 18.3 Å². The molecule has 13 heteroatoms. The van der Waals surface area contributed by atoms with Crippen LogP contribution < -0.4 is 0 Å². The lowest BCUT2D eigenvalue weighted by Gasteiger charge is -2.55. The number of amides is 2. The minimum absolute atomic E-state index is 0.0235. The van der Waals surface area contributed by atoms with Gasteiger partial charge in [0.1, 0.15) is 6.04 Å². The van der Waals surface area contributed by atoms with Crippen molar-refractivity contribution in [1.29, 1.82) is 0 Å². The summed E-state index contributed by atoms with van der Waals surface area (Å²) in [6.45, 7) is 4.36. The molecular weight excluding hydrogens is 545 g/mol. The first-order valence-electron chi connectivity index (χ1n) is 12.6. The van der Waals surface area contributed by atoms with E-state index in [0.29, 0.717) is 5.56 Å². The number of carbonyl (C=O) groups excluding carboxylic acids is 2. The van der Waals surface area contributed by atoms with Crippen molar-refractivity contribution in [2.75, 3.05) is 26.2 Å². The Morgan fingerprint density at radius 1 is 1.15 bits per heavy atom. The number of hydrogen-bond acceptors (Lipinski definition) is 4. The maximum Gasteiger partial charge on any atom is 0.405 e. The van der Waals surface area contributed by atoms with Crippen LogP contribution in [0.25, 0.3) is 11.1 Å². The summed E-state index contributed by atoms with van der Waals surface area (Å²) in [5, 5.41) is 4.53. The van der Waals surface area contributed by atoms with Crippen molar-refractivity contribution >= 4 is 23.4 Å². The second-order valence-corrected chi connectivity index (χ2v) is 10.6. The average Bonchev–Trinajstić information content (AvgIpc) is 3.24. The van der Waals surface area contributed by atoms with E-state index in [0.717, 1.165) is 11.0 Å². The highest BCUT2D eigenvalue weighted by Crippen LogP contribution is 2.40. The van der Waals surface area contributed by atoms with Crippen LogP contribution in [0, 0.1) is 0 Å². The normalized spacial score (nSPS) is 25.2. The smallest absolute Gasteiger partial charge is 0.334 e. The van der Waals surface area contributed by atoms with Gasteiger partial charge in [0.2, 0.25) is 5.91 Å². The minimum Gasteiger partial charge on any atom is -0.334 e. The summed E-state index contributed by atoms with van der Waals surface area (Å²) in [4.78, 5) is 29.5. The zero-order valence-corrected chi connectivity index (χ0v) is 21.9. The van der Waals surface area contributed by atoms with E-state index in [1.54, 1.807) is 31.2 Å². The number of hydrogen-bond donors (Lipinski definition) is 0. The van der Waals surface area contributed by atoms with Gasteiger partial charge < -0.3 is 9.80 Å². The number of piperazine rings is 1. The van der Waals surface area contributed by atoms with Gasteiger partial charge in [-0.1, -0.05) is 36.4 Å². The second-order valence-electron chi connectivity index (χ2n) is 10.2. The number of likely N-dealkylation sites (tertiary alicyclic amines) is 1. The average molecular weight is 572 g/mol. The summed E-state index contributed by atoms with van der Waals surface area (Å²) in [7, 11) is 0. The van der Waals surface area contributed by atoms with Crippen LogP contribution in [-0.2, 0) is 17.8 Å². The quantitative estimate of drug-likeness (QED) is 0.407. The summed E-state index contributed by atoms with van der Waals surface area (Å²) in [5.41, 5.74) is 0.388. The molecule has 2 aromatic rings. The van der Waals surface area contributed by atoms with Gasteiger partial charge in [0.25, 0.3) is 11.8 Å². The number of rotatable bonds is 4.